The van der Waals surface area contributed by atoms with E-state index >= 15 is 0 Å². The average Bonchev–Trinajstić information content (AvgIpc) is 3.17. The molecule has 5 heteroatoms. The quantitative estimate of drug-likeness (QED) is 0.537. The van der Waals surface area contributed by atoms with E-state index in [0.29, 0.717) is 12.5 Å². The smallest absolute Gasteiger partial charge is 0.226 e. The molecule has 0 spiro atoms. The molecule has 0 bridgehead atoms. The molecule has 0 amide bonds. The van der Waals surface area contributed by atoms with Gasteiger partial charge in [-0.3, -0.25) is 0 Å². The van der Waals surface area contributed by atoms with Gasteiger partial charge in [-0.05, 0) is 64.3 Å². The summed E-state index contributed by atoms with van der Waals surface area (Å²) in [6.45, 7) is 6.53. The van der Waals surface area contributed by atoms with Crippen LogP contribution in [0.3, 0.4) is 0 Å². The molecule has 0 N–H and O–H groups in total. The third-order valence-electron chi connectivity index (χ3n) is 4.14. The molecule has 0 aliphatic heterocycles. The van der Waals surface area contributed by atoms with Crippen LogP contribution in [0.25, 0.3) is 11.5 Å². The molecule has 0 fully saturated rings. The van der Waals surface area contributed by atoms with Crippen molar-refractivity contribution in [2.45, 2.75) is 46.5 Å². The molecule has 5 nitrogen and oxygen atoms in total. The number of hydrogen-bond acceptors (Lipinski definition) is 5. The predicted octanol–water partition coefficient (Wildman–Crippen LogP) is 5.05. The summed E-state index contributed by atoms with van der Waals surface area (Å²) in [5.41, 5.74) is 2.83. The molecule has 0 unspecified atom stereocenters. The molecular formula is C20H24N2O3. The van der Waals surface area contributed by atoms with E-state index in [-0.39, 0.29) is 0 Å². The van der Waals surface area contributed by atoms with Gasteiger partial charge in [0.25, 0.3) is 0 Å². The molecule has 0 saturated heterocycles. The Morgan fingerprint density at radius 2 is 1.80 bits per heavy atom. The van der Waals surface area contributed by atoms with Gasteiger partial charge in [-0.2, -0.15) is 0 Å². The van der Waals surface area contributed by atoms with Gasteiger partial charge in [-0.1, -0.05) is 5.16 Å². The maximum absolute atomic E-state index is 5.80. The van der Waals surface area contributed by atoms with Crippen LogP contribution in [-0.4, -0.2) is 16.7 Å². The molecule has 132 valence electrons. The Kier molecular flexibility index (Phi) is 5.53. The fraction of sp³-hybridized carbons (Fsp3) is 0.400. The Morgan fingerprint density at radius 1 is 1.00 bits per heavy atom. The molecule has 0 aliphatic rings. The molecule has 0 atom stereocenters. The Morgan fingerprint density at radius 3 is 2.44 bits per heavy atom. The van der Waals surface area contributed by atoms with E-state index in [1.54, 1.807) is 0 Å². The largest absolute Gasteiger partial charge is 0.494 e. The van der Waals surface area contributed by atoms with E-state index in [2.05, 4.69) is 10.1 Å². The van der Waals surface area contributed by atoms with Crippen LogP contribution >= 0.6 is 0 Å². The monoisotopic (exact) mass is 340 g/mol. The van der Waals surface area contributed by atoms with Crippen molar-refractivity contribution in [3.05, 3.63) is 53.2 Å². The van der Waals surface area contributed by atoms with Gasteiger partial charge < -0.3 is 13.7 Å². The molecule has 3 rings (SSSR count). The lowest BCUT2D eigenvalue weighted by atomic mass is 10.1. The number of unbranched alkanes of at least 4 members (excludes halogenated alkanes) is 2. The molecule has 25 heavy (non-hydrogen) atoms. The lowest BCUT2D eigenvalue weighted by Gasteiger charge is -2.06. The predicted molar refractivity (Wildman–Crippen MR) is 95.7 cm³/mol. The average molecular weight is 340 g/mol. The van der Waals surface area contributed by atoms with Crippen LogP contribution in [0.15, 0.2) is 39.3 Å². The first kappa shape index (κ1) is 17.3. The van der Waals surface area contributed by atoms with Crippen molar-refractivity contribution in [2.75, 3.05) is 6.61 Å². The number of nitrogens with zero attached hydrogens (tertiary/aromatic N) is 2. The van der Waals surface area contributed by atoms with Gasteiger partial charge in [0, 0.05) is 18.1 Å². The molecular weight excluding hydrogens is 316 g/mol. The fourth-order valence-corrected chi connectivity index (χ4v) is 2.59. The van der Waals surface area contributed by atoms with E-state index in [4.69, 9.17) is 13.7 Å². The minimum Gasteiger partial charge on any atom is -0.494 e. The maximum Gasteiger partial charge on any atom is 0.226 e. The van der Waals surface area contributed by atoms with Crippen LogP contribution in [0, 0.1) is 20.8 Å². The van der Waals surface area contributed by atoms with E-state index in [1.165, 1.54) is 0 Å². The first-order chi connectivity index (χ1) is 12.1. The molecule has 3 aromatic rings. The van der Waals surface area contributed by atoms with Gasteiger partial charge in [-0.15, -0.1) is 0 Å². The number of oxazole rings is 1. The van der Waals surface area contributed by atoms with Crippen LogP contribution in [0.1, 0.15) is 42.2 Å². The highest BCUT2D eigenvalue weighted by Crippen LogP contribution is 2.23. The van der Waals surface area contributed by atoms with E-state index in [0.717, 1.165) is 59.9 Å². The fourth-order valence-electron chi connectivity index (χ4n) is 2.59. The van der Waals surface area contributed by atoms with Crippen LogP contribution in [0.2, 0.25) is 0 Å². The van der Waals surface area contributed by atoms with Gasteiger partial charge in [-0.25, -0.2) is 4.98 Å². The van der Waals surface area contributed by atoms with Gasteiger partial charge in [0.1, 0.15) is 17.3 Å². The Balaban J connectivity index is 1.38. The number of hydrogen-bond donors (Lipinski definition) is 0. The second-order valence-corrected chi connectivity index (χ2v) is 6.28. The second kappa shape index (κ2) is 8.01. The van der Waals surface area contributed by atoms with Crippen LogP contribution < -0.4 is 4.74 Å². The van der Waals surface area contributed by atoms with E-state index in [1.807, 2.05) is 51.1 Å². The summed E-state index contributed by atoms with van der Waals surface area (Å²) in [4.78, 5) is 4.41. The maximum atomic E-state index is 5.80. The molecule has 0 saturated carbocycles. The summed E-state index contributed by atoms with van der Waals surface area (Å²) in [5, 5.41) is 3.90. The number of aryl methyl sites for hydroxylation is 4. The highest BCUT2D eigenvalue weighted by atomic mass is 16.5. The topological polar surface area (TPSA) is 61.3 Å². The number of ether oxygens (including phenoxy) is 1. The second-order valence-electron chi connectivity index (χ2n) is 6.28. The normalized spacial score (nSPS) is 11.0. The zero-order chi connectivity index (χ0) is 17.6. The zero-order valence-electron chi connectivity index (χ0n) is 15.0. The Labute approximate surface area is 148 Å². The van der Waals surface area contributed by atoms with E-state index < -0.39 is 0 Å². The summed E-state index contributed by atoms with van der Waals surface area (Å²) in [6, 6.07) is 9.87. The van der Waals surface area contributed by atoms with Crippen LogP contribution in [0.5, 0.6) is 5.75 Å². The summed E-state index contributed by atoms with van der Waals surface area (Å²) in [5.74, 6) is 3.35. The standard InChI is InChI=1S/C20H24N2O3/c1-14-13-19(25-22-14)7-5-4-6-12-23-18-10-8-17(9-11-18)20-21-15(2)16(3)24-20/h8-11,13H,4-7,12H2,1-3H3. The Hall–Kier alpha value is -2.56. The number of rotatable bonds is 8. The van der Waals surface area contributed by atoms with Crippen molar-refractivity contribution in [3.63, 3.8) is 0 Å². The van der Waals surface area contributed by atoms with Crippen molar-refractivity contribution < 1.29 is 13.7 Å². The number of aromatic nitrogens is 2. The first-order valence-corrected chi connectivity index (χ1v) is 8.71. The van der Waals surface area contributed by atoms with Gasteiger partial charge >= 0.3 is 0 Å². The molecule has 1 aromatic carbocycles. The highest BCUT2D eigenvalue weighted by Gasteiger charge is 2.08. The van der Waals surface area contributed by atoms with Gasteiger partial charge in [0.2, 0.25) is 5.89 Å². The molecule has 2 aromatic heterocycles. The van der Waals surface area contributed by atoms with Crippen molar-refractivity contribution >= 4 is 0 Å². The summed E-state index contributed by atoms with van der Waals surface area (Å²) in [7, 11) is 0. The summed E-state index contributed by atoms with van der Waals surface area (Å²) in [6.07, 6.45) is 4.14. The third kappa shape index (κ3) is 4.72. The summed E-state index contributed by atoms with van der Waals surface area (Å²) >= 11 is 0. The van der Waals surface area contributed by atoms with Crippen molar-refractivity contribution in [1.82, 2.24) is 10.1 Å². The zero-order valence-corrected chi connectivity index (χ0v) is 15.0. The van der Waals surface area contributed by atoms with Gasteiger partial charge in [0.05, 0.1) is 18.0 Å². The summed E-state index contributed by atoms with van der Waals surface area (Å²) < 4.78 is 16.6. The van der Waals surface area contributed by atoms with Crippen molar-refractivity contribution in [3.8, 4) is 17.2 Å². The van der Waals surface area contributed by atoms with Crippen molar-refractivity contribution in [1.29, 1.82) is 0 Å². The lowest BCUT2D eigenvalue weighted by Crippen LogP contribution is -1.97. The van der Waals surface area contributed by atoms with Gasteiger partial charge in [0.15, 0.2) is 0 Å². The minimum absolute atomic E-state index is 0.657. The molecule has 0 aliphatic carbocycles. The first-order valence-electron chi connectivity index (χ1n) is 8.71. The number of benzene rings is 1. The highest BCUT2D eigenvalue weighted by molar-refractivity contribution is 5.55. The molecule has 2 heterocycles. The molecule has 0 radical (unpaired) electrons. The Bertz CT molecular complexity index is 783. The minimum atomic E-state index is 0.657. The van der Waals surface area contributed by atoms with E-state index in [9.17, 15) is 0 Å². The van der Waals surface area contributed by atoms with Crippen LogP contribution in [-0.2, 0) is 6.42 Å². The SMILES string of the molecule is Cc1cc(CCCCCOc2ccc(-c3nc(C)c(C)o3)cc2)on1. The van der Waals surface area contributed by atoms with Crippen molar-refractivity contribution in [2.24, 2.45) is 0 Å². The lowest BCUT2D eigenvalue weighted by molar-refractivity contribution is 0.303. The third-order valence-corrected chi connectivity index (χ3v) is 4.14. The van der Waals surface area contributed by atoms with Crippen LogP contribution in [0.4, 0.5) is 0 Å².